The van der Waals surface area contributed by atoms with Crippen LogP contribution in [0.1, 0.15) is 0 Å². The van der Waals surface area contributed by atoms with E-state index in [1.807, 2.05) is 6.07 Å². The fourth-order valence-electron chi connectivity index (χ4n) is 1.71. The number of sulfonamides is 1. The molecule has 5 nitrogen and oxygen atoms in total. The molecule has 98 valence electrons. The predicted molar refractivity (Wildman–Crippen MR) is 75.9 cm³/mol. The van der Waals surface area contributed by atoms with Gasteiger partial charge in [-0.25, -0.2) is 8.42 Å². The van der Waals surface area contributed by atoms with Crippen molar-refractivity contribution in [3.05, 3.63) is 13.6 Å². The maximum absolute atomic E-state index is 12.5. The Labute approximate surface area is 126 Å². The van der Waals surface area contributed by atoms with E-state index in [0.717, 1.165) is 3.79 Å². The molecule has 1 fully saturated rings. The second kappa shape index (κ2) is 5.56. The Hall–Kier alpha value is 0.0200. The third-order valence-corrected chi connectivity index (χ3v) is 7.22. The SMILES string of the molecule is N#CC1CNCCN1S(=O)(=O)c1cc(Br)sc1Br. The first-order valence-corrected chi connectivity index (χ1v) is 8.88. The van der Waals surface area contributed by atoms with Gasteiger partial charge < -0.3 is 5.32 Å². The average molecular weight is 415 g/mol. The molecule has 1 aromatic rings. The van der Waals surface area contributed by atoms with Gasteiger partial charge >= 0.3 is 0 Å². The highest BCUT2D eigenvalue weighted by atomic mass is 79.9. The van der Waals surface area contributed by atoms with Crippen molar-refractivity contribution in [3.8, 4) is 6.07 Å². The summed E-state index contributed by atoms with van der Waals surface area (Å²) in [6, 6.07) is 2.91. The van der Waals surface area contributed by atoms with Crippen LogP contribution in [0.5, 0.6) is 0 Å². The van der Waals surface area contributed by atoms with E-state index >= 15 is 0 Å². The lowest BCUT2D eigenvalue weighted by atomic mass is 10.3. The molecule has 0 amide bonds. The first-order chi connectivity index (χ1) is 8.46. The van der Waals surface area contributed by atoms with Crippen LogP contribution in [0.2, 0.25) is 0 Å². The van der Waals surface area contributed by atoms with E-state index in [-0.39, 0.29) is 4.90 Å². The van der Waals surface area contributed by atoms with Gasteiger partial charge in [0.05, 0.1) is 13.6 Å². The summed E-state index contributed by atoms with van der Waals surface area (Å²) in [6.45, 7) is 1.22. The summed E-state index contributed by atoms with van der Waals surface area (Å²) in [5.41, 5.74) is 0. The summed E-state index contributed by atoms with van der Waals surface area (Å²) >= 11 is 7.80. The maximum atomic E-state index is 12.5. The Morgan fingerprint density at radius 1 is 1.56 bits per heavy atom. The zero-order valence-electron chi connectivity index (χ0n) is 9.06. The van der Waals surface area contributed by atoms with Crippen molar-refractivity contribution >= 4 is 53.2 Å². The van der Waals surface area contributed by atoms with Gasteiger partial charge in [-0.15, -0.1) is 11.3 Å². The molecule has 0 saturated carbocycles. The van der Waals surface area contributed by atoms with Gasteiger partial charge in [-0.1, -0.05) is 0 Å². The second-order valence-corrected chi connectivity index (χ2v) is 9.26. The van der Waals surface area contributed by atoms with Gasteiger partial charge in [0.15, 0.2) is 0 Å². The van der Waals surface area contributed by atoms with Gasteiger partial charge in [-0.2, -0.15) is 9.57 Å². The number of thiophene rings is 1. The lowest BCUT2D eigenvalue weighted by Crippen LogP contribution is -2.52. The Morgan fingerprint density at radius 3 is 2.83 bits per heavy atom. The third kappa shape index (κ3) is 2.64. The van der Waals surface area contributed by atoms with Crippen LogP contribution in [0.15, 0.2) is 18.5 Å². The molecule has 9 heteroatoms. The fraction of sp³-hybridized carbons (Fsp3) is 0.444. The summed E-state index contributed by atoms with van der Waals surface area (Å²) in [6.07, 6.45) is 0. The topological polar surface area (TPSA) is 73.2 Å². The highest BCUT2D eigenvalue weighted by Crippen LogP contribution is 2.36. The van der Waals surface area contributed by atoms with Crippen LogP contribution in [-0.4, -0.2) is 38.4 Å². The number of nitrogens with one attached hydrogen (secondary N) is 1. The average Bonchev–Trinajstić information content (AvgIpc) is 2.69. The van der Waals surface area contributed by atoms with Crippen molar-refractivity contribution in [1.29, 1.82) is 5.26 Å². The van der Waals surface area contributed by atoms with Crippen molar-refractivity contribution in [2.45, 2.75) is 10.9 Å². The van der Waals surface area contributed by atoms with E-state index in [4.69, 9.17) is 5.26 Å². The lowest BCUT2D eigenvalue weighted by molar-refractivity contribution is 0.312. The van der Waals surface area contributed by atoms with Gasteiger partial charge in [0, 0.05) is 19.6 Å². The molecule has 0 bridgehead atoms. The van der Waals surface area contributed by atoms with Gasteiger partial charge in [-0.05, 0) is 37.9 Å². The van der Waals surface area contributed by atoms with Crippen LogP contribution in [0.25, 0.3) is 0 Å². The fourth-order valence-corrected chi connectivity index (χ4v) is 7.01. The molecule has 1 saturated heterocycles. The number of nitriles is 1. The summed E-state index contributed by atoms with van der Waals surface area (Å²) in [5, 5.41) is 12.0. The first kappa shape index (κ1) is 14.4. The van der Waals surface area contributed by atoms with Crippen LogP contribution in [-0.2, 0) is 10.0 Å². The van der Waals surface area contributed by atoms with E-state index in [2.05, 4.69) is 37.2 Å². The Bertz CT molecular complexity index is 593. The maximum Gasteiger partial charge on any atom is 0.246 e. The molecule has 1 aliphatic heterocycles. The van der Waals surface area contributed by atoms with E-state index in [9.17, 15) is 8.42 Å². The van der Waals surface area contributed by atoms with E-state index in [1.165, 1.54) is 15.6 Å². The molecule has 1 aliphatic rings. The third-order valence-electron chi connectivity index (χ3n) is 2.56. The Balaban J connectivity index is 2.42. The van der Waals surface area contributed by atoms with Crippen molar-refractivity contribution in [2.24, 2.45) is 0 Å². The standard InChI is InChI=1S/C9H9Br2N3O2S2/c10-8-3-7(9(11)17-8)18(15,16)14-2-1-13-5-6(14)4-12/h3,6,13H,1-2,5H2. The van der Waals surface area contributed by atoms with Crippen LogP contribution in [0, 0.1) is 11.3 Å². The number of nitrogens with zero attached hydrogens (tertiary/aromatic N) is 2. The Kier molecular flexibility index (Phi) is 4.46. The van der Waals surface area contributed by atoms with Gasteiger partial charge in [-0.3, -0.25) is 0 Å². The molecule has 0 aliphatic carbocycles. The quantitative estimate of drug-likeness (QED) is 0.800. The van der Waals surface area contributed by atoms with Crippen LogP contribution in [0.3, 0.4) is 0 Å². The second-order valence-electron chi connectivity index (χ2n) is 3.65. The van der Waals surface area contributed by atoms with Gasteiger partial charge in [0.2, 0.25) is 10.0 Å². The largest absolute Gasteiger partial charge is 0.313 e. The van der Waals surface area contributed by atoms with Crippen molar-refractivity contribution in [1.82, 2.24) is 9.62 Å². The zero-order chi connectivity index (χ0) is 13.3. The predicted octanol–water partition coefficient (Wildman–Crippen LogP) is 1.76. The minimum absolute atomic E-state index is 0.210. The molecule has 0 spiro atoms. The van der Waals surface area contributed by atoms with E-state index in [0.29, 0.717) is 23.4 Å². The number of halogens is 2. The molecule has 1 N–H and O–H groups in total. The Morgan fingerprint density at radius 2 is 2.28 bits per heavy atom. The number of hydrogen-bond acceptors (Lipinski definition) is 5. The summed E-state index contributed by atoms with van der Waals surface area (Å²) in [4.78, 5) is 0.210. The molecule has 0 radical (unpaired) electrons. The highest BCUT2D eigenvalue weighted by molar-refractivity contribution is 9.12. The molecular formula is C9H9Br2N3O2S2. The molecule has 1 unspecified atom stereocenters. The van der Waals surface area contributed by atoms with Gasteiger partial charge in [0.1, 0.15) is 10.9 Å². The number of hydrogen-bond donors (Lipinski definition) is 1. The molecule has 2 rings (SSSR count). The van der Waals surface area contributed by atoms with Crippen molar-refractivity contribution in [3.63, 3.8) is 0 Å². The van der Waals surface area contributed by atoms with Crippen molar-refractivity contribution in [2.75, 3.05) is 19.6 Å². The van der Waals surface area contributed by atoms with Crippen LogP contribution >= 0.6 is 43.2 Å². The van der Waals surface area contributed by atoms with E-state index < -0.39 is 16.1 Å². The molecule has 0 aromatic carbocycles. The smallest absolute Gasteiger partial charge is 0.246 e. The summed E-state index contributed by atoms with van der Waals surface area (Å²) in [7, 11) is -3.63. The number of piperazine rings is 1. The summed E-state index contributed by atoms with van der Waals surface area (Å²) in [5.74, 6) is 0. The van der Waals surface area contributed by atoms with Crippen molar-refractivity contribution < 1.29 is 8.42 Å². The minimum atomic E-state index is -3.63. The molecule has 1 aromatic heterocycles. The first-order valence-electron chi connectivity index (χ1n) is 5.04. The normalized spacial score (nSPS) is 21.7. The minimum Gasteiger partial charge on any atom is -0.313 e. The van der Waals surface area contributed by atoms with E-state index in [1.54, 1.807) is 6.07 Å². The molecular weight excluding hydrogens is 406 g/mol. The molecule has 18 heavy (non-hydrogen) atoms. The van der Waals surface area contributed by atoms with Gasteiger partial charge in [0.25, 0.3) is 0 Å². The lowest BCUT2D eigenvalue weighted by Gasteiger charge is -2.30. The molecule has 1 atom stereocenters. The zero-order valence-corrected chi connectivity index (χ0v) is 13.9. The highest BCUT2D eigenvalue weighted by Gasteiger charge is 2.35. The van der Waals surface area contributed by atoms with Crippen LogP contribution in [0.4, 0.5) is 0 Å². The molecule has 2 heterocycles. The summed E-state index contributed by atoms with van der Waals surface area (Å²) < 4.78 is 27.5. The monoisotopic (exact) mass is 413 g/mol. The number of rotatable bonds is 2. The van der Waals surface area contributed by atoms with Crippen LogP contribution < -0.4 is 5.32 Å².